The van der Waals surface area contributed by atoms with Gasteiger partial charge in [0.25, 0.3) is 0 Å². The minimum absolute atomic E-state index is 0.0735. The lowest BCUT2D eigenvalue weighted by atomic mass is 10.2. The summed E-state index contributed by atoms with van der Waals surface area (Å²) >= 11 is 0. The molecule has 0 amide bonds. The fourth-order valence-corrected chi connectivity index (χ4v) is 3.70. The largest absolute Gasteiger partial charge is 0.506 e. The molecule has 2 aromatic rings. The van der Waals surface area contributed by atoms with Crippen LogP contribution in [0.3, 0.4) is 0 Å². The van der Waals surface area contributed by atoms with Gasteiger partial charge in [-0.25, -0.2) is 12.8 Å². The summed E-state index contributed by atoms with van der Waals surface area (Å²) in [6.45, 7) is 1.02. The molecule has 1 aromatic heterocycles. The fraction of sp³-hybridized carbons (Fsp3) is 0.308. The van der Waals surface area contributed by atoms with Gasteiger partial charge in [-0.2, -0.15) is 4.31 Å². The number of hydrogen-bond acceptors (Lipinski definition) is 5. The number of nitrogens with zero attached hydrogens (tertiary/aromatic N) is 2. The first-order valence-corrected chi connectivity index (χ1v) is 7.79. The van der Waals surface area contributed by atoms with Gasteiger partial charge in [0, 0.05) is 18.5 Å². The predicted octanol–water partition coefficient (Wildman–Crippen LogP) is 1.10. The summed E-state index contributed by atoms with van der Waals surface area (Å²) in [5.41, 5.74) is 0.329. The number of aromatic nitrogens is 1. The molecule has 21 heavy (non-hydrogen) atoms. The van der Waals surface area contributed by atoms with Crippen molar-refractivity contribution in [3.63, 3.8) is 0 Å². The van der Waals surface area contributed by atoms with E-state index in [0.29, 0.717) is 18.7 Å². The molecule has 112 valence electrons. The van der Waals surface area contributed by atoms with Gasteiger partial charge in [0.05, 0.1) is 24.9 Å². The summed E-state index contributed by atoms with van der Waals surface area (Å²) in [5.74, 6) is -1.05. The van der Waals surface area contributed by atoms with Gasteiger partial charge in [-0.3, -0.25) is 4.98 Å². The SMILES string of the molecule is O=S(=O)(c1cnc2ccc(F)cc2c1O)N1CCOCC1. The van der Waals surface area contributed by atoms with Gasteiger partial charge in [0.2, 0.25) is 10.0 Å². The minimum atomic E-state index is -3.88. The molecule has 0 unspecified atom stereocenters. The molecule has 2 heterocycles. The predicted molar refractivity (Wildman–Crippen MR) is 72.9 cm³/mol. The van der Waals surface area contributed by atoms with Gasteiger partial charge in [-0.1, -0.05) is 0 Å². The minimum Gasteiger partial charge on any atom is -0.506 e. The zero-order valence-electron chi connectivity index (χ0n) is 11.0. The van der Waals surface area contributed by atoms with Gasteiger partial charge >= 0.3 is 0 Å². The van der Waals surface area contributed by atoms with Crippen LogP contribution in [0.2, 0.25) is 0 Å². The fourth-order valence-electron chi connectivity index (χ4n) is 2.25. The molecule has 1 N–H and O–H groups in total. The zero-order valence-corrected chi connectivity index (χ0v) is 11.8. The molecule has 8 heteroatoms. The molecule has 0 aliphatic carbocycles. The standard InChI is InChI=1S/C13H13FN2O4S/c14-9-1-2-11-10(7-9)13(17)12(8-15-11)21(18,19)16-3-5-20-6-4-16/h1-2,7-8H,3-6H2,(H,15,17). The van der Waals surface area contributed by atoms with Crippen molar-refractivity contribution in [2.24, 2.45) is 0 Å². The Kier molecular flexibility index (Phi) is 3.52. The van der Waals surface area contributed by atoms with Crippen molar-refractivity contribution in [2.75, 3.05) is 26.3 Å². The molecule has 0 spiro atoms. The number of morpholine rings is 1. The molecule has 1 saturated heterocycles. The third-order valence-corrected chi connectivity index (χ3v) is 5.26. The van der Waals surface area contributed by atoms with Crippen LogP contribution in [0.5, 0.6) is 5.75 Å². The number of rotatable bonds is 2. The van der Waals surface area contributed by atoms with Crippen LogP contribution in [0, 0.1) is 5.82 Å². The number of sulfonamides is 1. The summed E-state index contributed by atoms with van der Waals surface area (Å²) in [6.07, 6.45) is 1.10. The van der Waals surface area contributed by atoms with Crippen molar-refractivity contribution in [3.05, 3.63) is 30.2 Å². The topological polar surface area (TPSA) is 79.7 Å². The number of ether oxygens (including phenoxy) is 1. The molecule has 6 nitrogen and oxygen atoms in total. The Labute approximate surface area is 120 Å². The van der Waals surface area contributed by atoms with Crippen molar-refractivity contribution in [2.45, 2.75) is 4.90 Å². The Morgan fingerprint density at radius 1 is 1.29 bits per heavy atom. The molecule has 1 aliphatic heterocycles. The Morgan fingerprint density at radius 2 is 2.00 bits per heavy atom. The van der Waals surface area contributed by atoms with Crippen LogP contribution >= 0.6 is 0 Å². The first-order chi connectivity index (χ1) is 10.00. The summed E-state index contributed by atoms with van der Waals surface area (Å²) in [4.78, 5) is 3.66. The lowest BCUT2D eigenvalue weighted by Crippen LogP contribution is -2.40. The molecule has 1 aliphatic rings. The lowest BCUT2D eigenvalue weighted by molar-refractivity contribution is 0.0729. The Hall–Kier alpha value is -1.77. The molecular weight excluding hydrogens is 299 g/mol. The van der Waals surface area contributed by atoms with E-state index < -0.39 is 21.6 Å². The average molecular weight is 312 g/mol. The first-order valence-electron chi connectivity index (χ1n) is 6.35. The van der Waals surface area contributed by atoms with E-state index in [1.807, 2.05) is 0 Å². The highest BCUT2D eigenvalue weighted by Gasteiger charge is 2.30. The second-order valence-electron chi connectivity index (χ2n) is 4.65. The Balaban J connectivity index is 2.13. The summed E-state index contributed by atoms with van der Waals surface area (Å²) in [6, 6.07) is 3.65. The first kappa shape index (κ1) is 14.2. The monoisotopic (exact) mass is 312 g/mol. The summed E-state index contributed by atoms with van der Waals surface area (Å²) in [5, 5.41) is 10.3. The van der Waals surface area contributed by atoms with E-state index in [9.17, 15) is 17.9 Å². The van der Waals surface area contributed by atoms with Crippen LogP contribution < -0.4 is 0 Å². The lowest BCUT2D eigenvalue weighted by Gasteiger charge is -2.26. The number of hydrogen-bond donors (Lipinski definition) is 1. The summed E-state index contributed by atoms with van der Waals surface area (Å²) in [7, 11) is -3.88. The summed E-state index contributed by atoms with van der Waals surface area (Å²) < 4.78 is 44.6. The number of benzene rings is 1. The molecule has 3 rings (SSSR count). The van der Waals surface area contributed by atoms with E-state index in [-0.39, 0.29) is 23.4 Å². The second kappa shape index (κ2) is 5.21. The van der Waals surface area contributed by atoms with E-state index in [4.69, 9.17) is 4.74 Å². The molecule has 0 atom stereocenters. The van der Waals surface area contributed by atoms with Crippen LogP contribution in [-0.2, 0) is 14.8 Å². The second-order valence-corrected chi connectivity index (χ2v) is 6.56. The van der Waals surface area contributed by atoms with Gasteiger partial charge in [-0.05, 0) is 18.2 Å². The number of halogens is 1. The normalized spacial score (nSPS) is 17.2. The van der Waals surface area contributed by atoms with Gasteiger partial charge < -0.3 is 9.84 Å². The van der Waals surface area contributed by atoms with Crippen molar-refractivity contribution in [3.8, 4) is 5.75 Å². The van der Waals surface area contributed by atoms with Crippen LogP contribution in [0.15, 0.2) is 29.3 Å². The number of pyridine rings is 1. The maximum Gasteiger partial charge on any atom is 0.248 e. The average Bonchev–Trinajstić information content (AvgIpc) is 2.49. The van der Waals surface area contributed by atoms with E-state index in [1.165, 1.54) is 16.4 Å². The van der Waals surface area contributed by atoms with Gasteiger partial charge in [-0.15, -0.1) is 0 Å². The molecule has 0 radical (unpaired) electrons. The molecule has 1 aromatic carbocycles. The highest BCUT2D eigenvalue weighted by Crippen LogP contribution is 2.32. The molecule has 0 saturated carbocycles. The number of aromatic hydroxyl groups is 1. The van der Waals surface area contributed by atoms with E-state index in [0.717, 1.165) is 12.3 Å². The third-order valence-electron chi connectivity index (χ3n) is 3.36. The molecule has 1 fully saturated rings. The van der Waals surface area contributed by atoms with E-state index >= 15 is 0 Å². The maximum atomic E-state index is 13.3. The van der Waals surface area contributed by atoms with Gasteiger partial charge in [0.15, 0.2) is 0 Å². The Bertz CT molecular complexity index is 788. The Morgan fingerprint density at radius 3 is 2.71 bits per heavy atom. The van der Waals surface area contributed by atoms with E-state index in [2.05, 4.69) is 4.98 Å². The van der Waals surface area contributed by atoms with Crippen molar-refractivity contribution >= 4 is 20.9 Å². The van der Waals surface area contributed by atoms with Crippen LogP contribution in [0.25, 0.3) is 10.9 Å². The maximum absolute atomic E-state index is 13.3. The highest BCUT2D eigenvalue weighted by atomic mass is 32.2. The smallest absolute Gasteiger partial charge is 0.248 e. The van der Waals surface area contributed by atoms with Gasteiger partial charge in [0.1, 0.15) is 16.5 Å². The van der Waals surface area contributed by atoms with Crippen LogP contribution in [0.1, 0.15) is 0 Å². The van der Waals surface area contributed by atoms with Crippen molar-refractivity contribution < 1.29 is 22.7 Å². The van der Waals surface area contributed by atoms with Crippen LogP contribution in [0.4, 0.5) is 4.39 Å². The zero-order chi connectivity index (χ0) is 15.0. The van der Waals surface area contributed by atoms with Crippen LogP contribution in [-0.4, -0.2) is 49.1 Å². The van der Waals surface area contributed by atoms with E-state index in [1.54, 1.807) is 0 Å². The van der Waals surface area contributed by atoms with Crippen molar-refractivity contribution in [1.29, 1.82) is 0 Å². The highest BCUT2D eigenvalue weighted by molar-refractivity contribution is 7.89. The molecular formula is C13H13FN2O4S. The quantitative estimate of drug-likeness (QED) is 0.898. The molecule has 0 bridgehead atoms. The van der Waals surface area contributed by atoms with Crippen molar-refractivity contribution in [1.82, 2.24) is 9.29 Å². The number of fused-ring (bicyclic) bond motifs is 1. The third kappa shape index (κ3) is 2.45.